The maximum atomic E-state index is 13.2. The van der Waals surface area contributed by atoms with Gasteiger partial charge in [-0.15, -0.1) is 11.3 Å². The van der Waals surface area contributed by atoms with Crippen molar-refractivity contribution in [2.45, 2.75) is 18.5 Å². The second kappa shape index (κ2) is 8.64. The van der Waals surface area contributed by atoms with Crippen LogP contribution in [0.1, 0.15) is 29.0 Å². The first-order chi connectivity index (χ1) is 14.9. The van der Waals surface area contributed by atoms with Gasteiger partial charge in [-0.25, -0.2) is 4.79 Å². The van der Waals surface area contributed by atoms with Crippen molar-refractivity contribution in [1.29, 1.82) is 0 Å². The summed E-state index contributed by atoms with van der Waals surface area (Å²) in [7, 11) is 0. The quantitative estimate of drug-likeness (QED) is 0.501. The van der Waals surface area contributed by atoms with E-state index >= 15 is 0 Å². The van der Waals surface area contributed by atoms with Gasteiger partial charge in [-0.1, -0.05) is 70.5 Å². The molecule has 0 bridgehead atoms. The molecule has 2 heterocycles. The van der Waals surface area contributed by atoms with E-state index in [9.17, 15) is 14.4 Å². The predicted octanol–water partition coefficient (Wildman–Crippen LogP) is 4.18. The molecule has 2 aromatic carbocycles. The van der Waals surface area contributed by atoms with Crippen LogP contribution in [0.25, 0.3) is 0 Å². The molecule has 1 fully saturated rings. The van der Waals surface area contributed by atoms with Crippen LogP contribution in [0.15, 0.2) is 76.6 Å². The van der Waals surface area contributed by atoms with E-state index in [0.717, 1.165) is 15.3 Å². The molecular formula is C23H20BrN3O3S. The first kappa shape index (κ1) is 21.3. The van der Waals surface area contributed by atoms with Gasteiger partial charge in [0, 0.05) is 14.9 Å². The number of benzene rings is 2. The van der Waals surface area contributed by atoms with Crippen molar-refractivity contribution in [3.63, 3.8) is 0 Å². The van der Waals surface area contributed by atoms with Crippen molar-refractivity contribution >= 4 is 45.1 Å². The summed E-state index contributed by atoms with van der Waals surface area (Å²) in [5.41, 5.74) is 0.315. The molecule has 0 unspecified atom stereocenters. The van der Waals surface area contributed by atoms with E-state index < -0.39 is 23.4 Å². The predicted molar refractivity (Wildman–Crippen MR) is 122 cm³/mol. The van der Waals surface area contributed by atoms with Gasteiger partial charge in [-0.05, 0) is 30.0 Å². The molecule has 2 atom stereocenters. The van der Waals surface area contributed by atoms with Crippen molar-refractivity contribution in [2.75, 3.05) is 6.54 Å². The molecule has 1 aromatic heterocycles. The fourth-order valence-electron chi connectivity index (χ4n) is 3.66. The highest BCUT2D eigenvalue weighted by Gasteiger charge is 2.50. The summed E-state index contributed by atoms with van der Waals surface area (Å²) >= 11 is 4.97. The minimum absolute atomic E-state index is 0.357. The number of nitrogens with zero attached hydrogens (tertiary/aromatic N) is 1. The van der Waals surface area contributed by atoms with Crippen LogP contribution in [0, 0.1) is 0 Å². The van der Waals surface area contributed by atoms with Crippen LogP contribution in [0.4, 0.5) is 4.79 Å². The Kier molecular flexibility index (Phi) is 5.93. The number of hydrogen-bond donors (Lipinski definition) is 2. The lowest BCUT2D eigenvalue weighted by molar-refractivity contribution is -0.135. The third kappa shape index (κ3) is 4.13. The largest absolute Gasteiger partial charge is 0.343 e. The average Bonchev–Trinajstić information content (AvgIpc) is 3.37. The topological polar surface area (TPSA) is 78.5 Å². The fraction of sp³-hybridized carbons (Fsp3) is 0.174. The molecule has 0 spiro atoms. The van der Waals surface area contributed by atoms with Crippen molar-refractivity contribution in [1.82, 2.24) is 15.5 Å². The average molecular weight is 498 g/mol. The molecule has 4 amide bonds. The minimum atomic E-state index is -1.25. The Morgan fingerprint density at radius 1 is 1.10 bits per heavy atom. The Morgan fingerprint density at radius 2 is 1.81 bits per heavy atom. The number of thiophene rings is 1. The monoisotopic (exact) mass is 497 g/mol. The smallest absolute Gasteiger partial charge is 0.325 e. The van der Waals surface area contributed by atoms with Gasteiger partial charge in [0.05, 0.1) is 6.04 Å². The first-order valence-corrected chi connectivity index (χ1v) is 11.3. The molecular weight excluding hydrogens is 478 g/mol. The van der Waals surface area contributed by atoms with Gasteiger partial charge in [0.1, 0.15) is 12.1 Å². The van der Waals surface area contributed by atoms with Crippen molar-refractivity contribution in [2.24, 2.45) is 0 Å². The third-order valence-electron chi connectivity index (χ3n) is 5.26. The molecule has 1 aliphatic heterocycles. The van der Waals surface area contributed by atoms with E-state index in [2.05, 4.69) is 26.6 Å². The summed E-state index contributed by atoms with van der Waals surface area (Å²) in [6.45, 7) is 1.28. The van der Waals surface area contributed by atoms with Gasteiger partial charge in [0.15, 0.2) is 0 Å². The van der Waals surface area contributed by atoms with E-state index in [1.165, 1.54) is 11.3 Å². The molecule has 8 heteroatoms. The highest BCUT2D eigenvalue weighted by atomic mass is 79.9. The molecule has 2 N–H and O–H groups in total. The molecule has 0 radical (unpaired) electrons. The highest BCUT2D eigenvalue weighted by Crippen LogP contribution is 2.33. The van der Waals surface area contributed by atoms with E-state index in [1.807, 2.05) is 53.9 Å². The number of halogens is 1. The lowest BCUT2D eigenvalue weighted by Crippen LogP contribution is -2.44. The minimum Gasteiger partial charge on any atom is -0.343 e. The molecule has 1 saturated heterocycles. The van der Waals surface area contributed by atoms with Crippen LogP contribution in [-0.4, -0.2) is 29.3 Å². The normalized spacial score (nSPS) is 19.2. The van der Waals surface area contributed by atoms with E-state index in [1.54, 1.807) is 25.1 Å². The van der Waals surface area contributed by atoms with Crippen molar-refractivity contribution in [3.8, 4) is 0 Å². The number of amides is 4. The van der Waals surface area contributed by atoms with E-state index in [-0.39, 0.29) is 12.6 Å². The lowest BCUT2D eigenvalue weighted by atomic mass is 9.92. The number of urea groups is 1. The van der Waals surface area contributed by atoms with Gasteiger partial charge >= 0.3 is 6.03 Å². The van der Waals surface area contributed by atoms with Gasteiger partial charge in [0.25, 0.3) is 5.91 Å². The van der Waals surface area contributed by atoms with Crippen molar-refractivity contribution in [3.05, 3.63) is 92.6 Å². The van der Waals surface area contributed by atoms with Crippen LogP contribution in [-0.2, 0) is 15.1 Å². The molecule has 1 aliphatic rings. The Morgan fingerprint density at radius 3 is 2.48 bits per heavy atom. The maximum absolute atomic E-state index is 13.2. The zero-order valence-electron chi connectivity index (χ0n) is 16.7. The van der Waals surface area contributed by atoms with Crippen LogP contribution in [0.3, 0.4) is 0 Å². The summed E-state index contributed by atoms with van der Waals surface area (Å²) in [5.74, 6) is -0.880. The fourth-order valence-corrected chi connectivity index (χ4v) is 5.14. The SMILES string of the molecule is C[C@@]1(c2ccccc2Br)NC(=O)N(CC(=O)N[C@@H](c2ccccc2)c2cccs2)C1=O. The number of rotatable bonds is 6. The van der Waals surface area contributed by atoms with Crippen LogP contribution in [0.2, 0.25) is 0 Å². The molecule has 3 aromatic rings. The Balaban J connectivity index is 1.53. The molecule has 31 heavy (non-hydrogen) atoms. The van der Waals surface area contributed by atoms with Gasteiger partial charge in [-0.3, -0.25) is 14.5 Å². The van der Waals surface area contributed by atoms with E-state index in [0.29, 0.717) is 10.0 Å². The molecule has 158 valence electrons. The molecule has 4 rings (SSSR count). The number of hydrogen-bond acceptors (Lipinski definition) is 4. The zero-order chi connectivity index (χ0) is 22.0. The Bertz CT molecular complexity index is 1120. The third-order valence-corrected chi connectivity index (χ3v) is 6.88. The number of nitrogens with one attached hydrogen (secondary N) is 2. The highest BCUT2D eigenvalue weighted by molar-refractivity contribution is 9.10. The van der Waals surface area contributed by atoms with E-state index in [4.69, 9.17) is 0 Å². The van der Waals surface area contributed by atoms with Gasteiger partial charge < -0.3 is 10.6 Å². The molecule has 0 aliphatic carbocycles. The lowest BCUT2D eigenvalue weighted by Gasteiger charge is -2.24. The Hall–Kier alpha value is -2.97. The summed E-state index contributed by atoms with van der Waals surface area (Å²) < 4.78 is 0.708. The summed E-state index contributed by atoms with van der Waals surface area (Å²) in [5, 5.41) is 7.65. The van der Waals surface area contributed by atoms with Gasteiger partial charge in [0.2, 0.25) is 5.91 Å². The first-order valence-electron chi connectivity index (χ1n) is 9.67. The van der Waals surface area contributed by atoms with Gasteiger partial charge in [-0.2, -0.15) is 0 Å². The van der Waals surface area contributed by atoms with Crippen LogP contribution < -0.4 is 10.6 Å². The van der Waals surface area contributed by atoms with Crippen molar-refractivity contribution < 1.29 is 14.4 Å². The number of imide groups is 1. The zero-order valence-corrected chi connectivity index (χ0v) is 19.1. The second-order valence-corrected chi connectivity index (χ2v) is 9.19. The van der Waals surface area contributed by atoms with Crippen LogP contribution >= 0.6 is 27.3 Å². The standard InChI is InChI=1S/C23H20BrN3O3S/c1-23(16-10-5-6-11-17(16)24)21(29)27(22(30)26-23)14-19(28)25-20(18-12-7-13-31-18)15-8-3-2-4-9-15/h2-13,20H,14H2,1H3,(H,25,28)(H,26,30)/t20-,23-/m0/s1. The number of carbonyl (C=O) groups is 3. The van der Waals surface area contributed by atoms with Crippen LogP contribution in [0.5, 0.6) is 0 Å². The summed E-state index contributed by atoms with van der Waals surface area (Å²) in [6, 6.07) is 19.7. The number of carbonyl (C=O) groups excluding carboxylic acids is 3. The maximum Gasteiger partial charge on any atom is 0.325 e. The summed E-state index contributed by atoms with van der Waals surface area (Å²) in [4.78, 5) is 40.6. The second-order valence-electron chi connectivity index (χ2n) is 7.35. The summed E-state index contributed by atoms with van der Waals surface area (Å²) in [6.07, 6.45) is 0. The Labute approximate surface area is 192 Å². The molecule has 6 nitrogen and oxygen atoms in total. The molecule has 0 saturated carbocycles.